The molecule has 21 heavy (non-hydrogen) atoms. The van der Waals surface area contributed by atoms with Crippen molar-refractivity contribution in [2.75, 3.05) is 13.1 Å². The molecule has 1 saturated heterocycles. The van der Waals surface area contributed by atoms with Gasteiger partial charge in [0.05, 0.1) is 11.8 Å². The number of hydrogen-bond donors (Lipinski definition) is 2. The van der Waals surface area contributed by atoms with Crippen LogP contribution in [0.15, 0.2) is 0 Å². The zero-order valence-corrected chi connectivity index (χ0v) is 12.9. The molecule has 0 aromatic heterocycles. The van der Waals surface area contributed by atoms with Gasteiger partial charge in [-0.05, 0) is 31.6 Å². The highest BCUT2D eigenvalue weighted by atomic mass is 16.4. The summed E-state index contributed by atoms with van der Waals surface area (Å²) >= 11 is 0. The van der Waals surface area contributed by atoms with Crippen molar-refractivity contribution >= 4 is 17.8 Å². The van der Waals surface area contributed by atoms with Crippen molar-refractivity contribution in [1.29, 1.82) is 0 Å². The maximum atomic E-state index is 12.2. The molecule has 118 valence electrons. The Morgan fingerprint density at radius 1 is 1.14 bits per heavy atom. The van der Waals surface area contributed by atoms with Gasteiger partial charge in [-0.3, -0.25) is 14.4 Å². The van der Waals surface area contributed by atoms with Gasteiger partial charge in [0.2, 0.25) is 11.8 Å². The molecular formula is C15H24N2O4. The predicted molar refractivity (Wildman–Crippen MR) is 76.4 cm³/mol. The van der Waals surface area contributed by atoms with Gasteiger partial charge in [-0.15, -0.1) is 0 Å². The molecule has 0 radical (unpaired) electrons. The average molecular weight is 296 g/mol. The second-order valence-corrected chi connectivity index (χ2v) is 6.73. The Hall–Kier alpha value is -1.59. The first-order valence-electron chi connectivity index (χ1n) is 7.58. The van der Waals surface area contributed by atoms with Crippen LogP contribution in [-0.2, 0) is 14.4 Å². The van der Waals surface area contributed by atoms with E-state index in [-0.39, 0.29) is 11.8 Å². The highest BCUT2D eigenvalue weighted by molar-refractivity contribution is 5.94. The summed E-state index contributed by atoms with van der Waals surface area (Å²) in [5.41, 5.74) is -0.538. The van der Waals surface area contributed by atoms with Crippen LogP contribution in [0.5, 0.6) is 0 Å². The molecule has 2 fully saturated rings. The molecule has 0 aromatic rings. The minimum Gasteiger partial charge on any atom is -0.481 e. The lowest BCUT2D eigenvalue weighted by Crippen LogP contribution is -2.49. The lowest BCUT2D eigenvalue weighted by Gasteiger charge is -2.29. The van der Waals surface area contributed by atoms with Gasteiger partial charge in [-0.1, -0.05) is 13.8 Å². The summed E-state index contributed by atoms with van der Waals surface area (Å²) in [4.78, 5) is 37.3. The number of nitrogens with one attached hydrogen (secondary N) is 1. The molecule has 6 heteroatoms. The third-order valence-electron chi connectivity index (χ3n) is 4.77. The molecule has 2 aliphatic rings. The fourth-order valence-corrected chi connectivity index (χ4v) is 3.34. The molecule has 0 spiro atoms. The monoisotopic (exact) mass is 296 g/mol. The zero-order chi connectivity index (χ0) is 15.8. The number of amides is 2. The van der Waals surface area contributed by atoms with Crippen LogP contribution in [0, 0.1) is 17.3 Å². The molecule has 1 unspecified atom stereocenters. The first-order valence-corrected chi connectivity index (χ1v) is 7.58. The third-order valence-corrected chi connectivity index (χ3v) is 4.77. The zero-order valence-electron chi connectivity index (χ0n) is 12.9. The van der Waals surface area contributed by atoms with Crippen molar-refractivity contribution in [3.8, 4) is 0 Å². The first kappa shape index (κ1) is 15.8. The topological polar surface area (TPSA) is 86.7 Å². The maximum absolute atomic E-state index is 12.2. The Bertz CT molecular complexity index is 455. The number of piperidine rings is 1. The van der Waals surface area contributed by atoms with Crippen LogP contribution in [-0.4, -0.2) is 46.9 Å². The summed E-state index contributed by atoms with van der Waals surface area (Å²) < 4.78 is 0. The second-order valence-electron chi connectivity index (χ2n) is 6.73. The van der Waals surface area contributed by atoms with Gasteiger partial charge in [-0.2, -0.15) is 0 Å². The lowest BCUT2D eigenvalue weighted by atomic mass is 10.1. The fourth-order valence-electron chi connectivity index (χ4n) is 3.34. The Labute approximate surface area is 124 Å². The van der Waals surface area contributed by atoms with Crippen LogP contribution in [0.25, 0.3) is 0 Å². The van der Waals surface area contributed by atoms with Crippen LogP contribution < -0.4 is 5.32 Å². The smallest absolute Gasteiger partial charge is 0.307 e. The lowest BCUT2D eigenvalue weighted by molar-refractivity contribution is -0.140. The number of carbonyl (C=O) groups is 3. The molecule has 1 heterocycles. The summed E-state index contributed by atoms with van der Waals surface area (Å²) in [6, 6.07) is -0.596. The number of carboxylic acid groups (broad SMARTS) is 1. The Morgan fingerprint density at radius 3 is 2.19 bits per heavy atom. The number of aliphatic carboxylic acids is 1. The Morgan fingerprint density at radius 2 is 1.71 bits per heavy atom. The van der Waals surface area contributed by atoms with E-state index < -0.39 is 29.3 Å². The summed E-state index contributed by atoms with van der Waals surface area (Å²) in [6.07, 6.45) is 3.15. The molecule has 2 amide bonds. The van der Waals surface area contributed by atoms with E-state index in [1.165, 1.54) is 0 Å². The number of carbonyl (C=O) groups excluding carboxylic acids is 2. The normalized spacial score (nSPS) is 28.6. The van der Waals surface area contributed by atoms with Crippen molar-refractivity contribution in [3.63, 3.8) is 0 Å². The Balaban J connectivity index is 1.91. The van der Waals surface area contributed by atoms with Gasteiger partial charge in [0, 0.05) is 13.1 Å². The minimum atomic E-state index is -0.949. The van der Waals surface area contributed by atoms with Crippen LogP contribution >= 0.6 is 0 Å². The van der Waals surface area contributed by atoms with E-state index in [4.69, 9.17) is 5.11 Å². The van der Waals surface area contributed by atoms with Crippen LogP contribution in [0.4, 0.5) is 0 Å². The Kier molecular flexibility index (Phi) is 4.25. The quantitative estimate of drug-likeness (QED) is 0.805. The predicted octanol–water partition coefficient (Wildman–Crippen LogP) is 0.860. The highest BCUT2D eigenvalue weighted by Gasteiger charge is 2.66. The van der Waals surface area contributed by atoms with Crippen LogP contribution in [0.2, 0.25) is 0 Å². The molecule has 2 rings (SSSR count). The first-order chi connectivity index (χ1) is 9.76. The molecule has 6 nitrogen and oxygen atoms in total. The minimum absolute atomic E-state index is 0.0756. The van der Waals surface area contributed by atoms with E-state index in [0.29, 0.717) is 0 Å². The van der Waals surface area contributed by atoms with E-state index in [9.17, 15) is 14.4 Å². The van der Waals surface area contributed by atoms with E-state index in [0.717, 1.165) is 32.4 Å². The standard InChI is InChI=1S/C15H24N2O4/c1-9(13(19)17-7-5-4-6-8-17)16-12(18)10-11(14(20)21)15(10,2)3/h9-11H,4-8H2,1-3H3,(H,16,18)(H,20,21)/t9?,10-,11+/m1/s1. The summed E-state index contributed by atoms with van der Waals surface area (Å²) in [6.45, 7) is 6.69. The number of nitrogens with zero attached hydrogens (tertiary/aromatic N) is 1. The van der Waals surface area contributed by atoms with Gasteiger partial charge in [0.1, 0.15) is 6.04 Å². The third kappa shape index (κ3) is 3.04. The van der Waals surface area contributed by atoms with Gasteiger partial charge >= 0.3 is 5.97 Å². The molecule has 1 aliphatic heterocycles. The van der Waals surface area contributed by atoms with Gasteiger partial charge in [-0.25, -0.2) is 0 Å². The van der Waals surface area contributed by atoms with Crippen molar-refractivity contribution < 1.29 is 19.5 Å². The van der Waals surface area contributed by atoms with E-state index in [2.05, 4.69) is 5.32 Å². The number of rotatable bonds is 4. The molecule has 1 saturated carbocycles. The molecular weight excluding hydrogens is 272 g/mol. The molecule has 3 atom stereocenters. The number of carboxylic acids is 1. The largest absolute Gasteiger partial charge is 0.481 e. The maximum Gasteiger partial charge on any atom is 0.307 e. The van der Waals surface area contributed by atoms with Crippen LogP contribution in [0.3, 0.4) is 0 Å². The summed E-state index contributed by atoms with van der Waals surface area (Å²) in [7, 11) is 0. The molecule has 0 aromatic carbocycles. The fraction of sp³-hybridized carbons (Fsp3) is 0.800. The summed E-state index contributed by atoms with van der Waals surface area (Å²) in [5.74, 6) is -2.56. The van der Waals surface area contributed by atoms with Crippen molar-refractivity contribution in [2.24, 2.45) is 17.3 Å². The van der Waals surface area contributed by atoms with E-state index in [1.54, 1.807) is 25.7 Å². The molecule has 1 aliphatic carbocycles. The van der Waals surface area contributed by atoms with Crippen molar-refractivity contribution in [1.82, 2.24) is 10.2 Å². The highest BCUT2D eigenvalue weighted by Crippen LogP contribution is 2.58. The summed E-state index contributed by atoms with van der Waals surface area (Å²) in [5, 5.41) is 11.8. The van der Waals surface area contributed by atoms with Gasteiger partial charge in [0.15, 0.2) is 0 Å². The van der Waals surface area contributed by atoms with Crippen LogP contribution in [0.1, 0.15) is 40.0 Å². The van der Waals surface area contributed by atoms with Gasteiger partial charge in [0.25, 0.3) is 0 Å². The van der Waals surface area contributed by atoms with E-state index >= 15 is 0 Å². The van der Waals surface area contributed by atoms with E-state index in [1.807, 2.05) is 0 Å². The van der Waals surface area contributed by atoms with Crippen molar-refractivity contribution in [3.05, 3.63) is 0 Å². The SMILES string of the molecule is CC(NC(=O)[C@H]1[C@@H](C(=O)O)C1(C)C)C(=O)N1CCCCC1. The molecule has 0 bridgehead atoms. The van der Waals surface area contributed by atoms with Crippen molar-refractivity contribution in [2.45, 2.75) is 46.1 Å². The second kappa shape index (κ2) is 5.66. The number of hydrogen-bond acceptors (Lipinski definition) is 3. The number of likely N-dealkylation sites (tertiary alicyclic amines) is 1. The average Bonchev–Trinajstić information content (AvgIpc) is 3.02. The molecule has 2 N–H and O–H groups in total. The van der Waals surface area contributed by atoms with Gasteiger partial charge < -0.3 is 15.3 Å².